The first-order chi connectivity index (χ1) is 9.65. The highest BCUT2D eigenvalue weighted by Crippen LogP contribution is 2.20. The molecule has 0 spiro atoms. The number of pyridine rings is 1. The zero-order chi connectivity index (χ0) is 14.1. The Morgan fingerprint density at radius 2 is 2.40 bits per heavy atom. The minimum Gasteiger partial charge on any atom is -0.481 e. The highest BCUT2D eigenvalue weighted by Gasteiger charge is 2.36. The summed E-state index contributed by atoms with van der Waals surface area (Å²) in [6, 6.07) is 5.74. The number of aliphatic carboxylic acids is 1. The Kier molecular flexibility index (Phi) is 3.42. The number of carbonyl (C=O) groups is 1. The number of ether oxygens (including phenoxy) is 1. The van der Waals surface area contributed by atoms with Crippen molar-refractivity contribution in [2.45, 2.75) is 12.6 Å². The van der Waals surface area contributed by atoms with Gasteiger partial charge in [0, 0.05) is 25.0 Å². The van der Waals surface area contributed by atoms with E-state index in [1.807, 2.05) is 46.9 Å². The lowest BCUT2D eigenvalue weighted by Gasteiger charge is -2.25. The molecule has 0 amide bonds. The van der Waals surface area contributed by atoms with Crippen LogP contribution in [0.1, 0.15) is 5.69 Å². The van der Waals surface area contributed by atoms with Crippen molar-refractivity contribution in [3.8, 4) is 0 Å². The third kappa shape index (κ3) is 2.39. The maximum atomic E-state index is 11.2. The summed E-state index contributed by atoms with van der Waals surface area (Å²) in [6.45, 7) is 1.36. The van der Waals surface area contributed by atoms with Gasteiger partial charge in [0.2, 0.25) is 0 Å². The Hall–Kier alpha value is -1.92. The van der Waals surface area contributed by atoms with E-state index >= 15 is 0 Å². The molecule has 6 heteroatoms. The number of hydrogen-bond acceptors (Lipinski definition) is 4. The predicted molar refractivity (Wildman–Crippen MR) is 72.4 cm³/mol. The Bertz CT molecular complexity index is 592. The van der Waals surface area contributed by atoms with Crippen LogP contribution in [0.2, 0.25) is 0 Å². The van der Waals surface area contributed by atoms with E-state index in [2.05, 4.69) is 4.98 Å². The van der Waals surface area contributed by atoms with Gasteiger partial charge in [-0.15, -0.1) is 0 Å². The molecular formula is C14H17N3O3. The lowest BCUT2D eigenvalue weighted by Crippen LogP contribution is -2.40. The fourth-order valence-corrected chi connectivity index (χ4v) is 2.65. The summed E-state index contributed by atoms with van der Waals surface area (Å²) < 4.78 is 7.26. The van der Waals surface area contributed by atoms with Crippen LogP contribution >= 0.6 is 0 Å². The number of likely N-dealkylation sites (N-methyl/N-ethyl adjacent to an activating group) is 1. The number of aromatic nitrogens is 2. The zero-order valence-electron chi connectivity index (χ0n) is 11.3. The second-order valence-corrected chi connectivity index (χ2v) is 5.16. The predicted octanol–water partition coefficient (Wildman–Crippen LogP) is 0.866. The molecule has 106 valence electrons. The molecule has 0 bridgehead atoms. The minimum atomic E-state index is -0.797. The third-order valence-electron chi connectivity index (χ3n) is 3.76. The van der Waals surface area contributed by atoms with E-state index in [4.69, 9.17) is 4.74 Å². The van der Waals surface area contributed by atoms with Gasteiger partial charge in [-0.2, -0.15) is 0 Å². The summed E-state index contributed by atoms with van der Waals surface area (Å²) in [4.78, 5) is 17.7. The van der Waals surface area contributed by atoms with Crippen LogP contribution in [0.5, 0.6) is 0 Å². The van der Waals surface area contributed by atoms with Gasteiger partial charge in [-0.05, 0) is 19.2 Å². The fraction of sp³-hybridized carbons (Fsp3) is 0.429. The first-order valence-corrected chi connectivity index (χ1v) is 6.58. The van der Waals surface area contributed by atoms with Crippen molar-refractivity contribution >= 4 is 11.6 Å². The van der Waals surface area contributed by atoms with Crippen LogP contribution in [0.25, 0.3) is 5.65 Å². The summed E-state index contributed by atoms with van der Waals surface area (Å²) in [7, 11) is 1.92. The van der Waals surface area contributed by atoms with Gasteiger partial charge in [-0.1, -0.05) is 6.07 Å². The molecule has 2 aromatic rings. The van der Waals surface area contributed by atoms with Crippen LogP contribution < -0.4 is 0 Å². The van der Waals surface area contributed by atoms with Crippen LogP contribution in [-0.2, 0) is 16.1 Å². The molecule has 2 atom stereocenters. The zero-order valence-corrected chi connectivity index (χ0v) is 11.3. The Morgan fingerprint density at radius 3 is 3.15 bits per heavy atom. The first-order valence-electron chi connectivity index (χ1n) is 6.58. The lowest BCUT2D eigenvalue weighted by molar-refractivity contribution is -0.143. The average Bonchev–Trinajstić information content (AvgIpc) is 3.04. The van der Waals surface area contributed by atoms with Gasteiger partial charge in [0.1, 0.15) is 5.65 Å². The van der Waals surface area contributed by atoms with Crippen LogP contribution in [0.3, 0.4) is 0 Å². The molecule has 3 heterocycles. The Morgan fingerprint density at radius 1 is 1.55 bits per heavy atom. The summed E-state index contributed by atoms with van der Waals surface area (Å²) >= 11 is 0. The number of nitrogens with zero attached hydrogens (tertiary/aromatic N) is 3. The van der Waals surface area contributed by atoms with Gasteiger partial charge in [0.25, 0.3) is 0 Å². The molecule has 6 nitrogen and oxygen atoms in total. The standard InChI is InChI=1S/C14H17N3O3/c1-16(12-9-20-8-11(12)14(18)19)6-10-7-17-5-3-2-4-13(17)15-10/h2-5,7,11-12H,6,8-9H2,1H3,(H,18,19). The SMILES string of the molecule is CN(Cc1cn2ccccc2n1)C1COCC1C(=O)O. The number of fused-ring (bicyclic) bond motifs is 1. The second-order valence-electron chi connectivity index (χ2n) is 5.16. The highest BCUT2D eigenvalue weighted by atomic mass is 16.5. The minimum absolute atomic E-state index is 0.0997. The normalized spacial score (nSPS) is 22.7. The maximum absolute atomic E-state index is 11.2. The van der Waals surface area contributed by atoms with Crippen molar-refractivity contribution in [3.05, 3.63) is 36.3 Å². The molecular weight excluding hydrogens is 258 g/mol. The summed E-state index contributed by atoms with van der Waals surface area (Å²) in [5.74, 6) is -1.26. The topological polar surface area (TPSA) is 67.1 Å². The van der Waals surface area contributed by atoms with E-state index in [0.29, 0.717) is 13.2 Å². The van der Waals surface area contributed by atoms with Crippen molar-refractivity contribution in [3.63, 3.8) is 0 Å². The molecule has 0 saturated carbocycles. The quantitative estimate of drug-likeness (QED) is 0.896. The van der Waals surface area contributed by atoms with Gasteiger partial charge in [-0.25, -0.2) is 4.98 Å². The summed E-state index contributed by atoms with van der Waals surface area (Å²) in [5, 5.41) is 9.19. The van der Waals surface area contributed by atoms with Crippen molar-refractivity contribution in [1.29, 1.82) is 0 Å². The largest absolute Gasteiger partial charge is 0.481 e. The van der Waals surface area contributed by atoms with E-state index in [1.54, 1.807) is 0 Å². The van der Waals surface area contributed by atoms with E-state index in [0.717, 1.165) is 11.3 Å². The van der Waals surface area contributed by atoms with Crippen LogP contribution in [-0.4, -0.2) is 51.7 Å². The van der Waals surface area contributed by atoms with Crippen molar-refractivity contribution in [2.24, 2.45) is 5.92 Å². The van der Waals surface area contributed by atoms with Crippen LogP contribution in [0.4, 0.5) is 0 Å². The summed E-state index contributed by atoms with van der Waals surface area (Å²) in [6.07, 6.45) is 3.92. The van der Waals surface area contributed by atoms with Crippen molar-refractivity contribution in [2.75, 3.05) is 20.3 Å². The molecule has 3 rings (SSSR count). The number of carboxylic acid groups (broad SMARTS) is 1. The molecule has 0 radical (unpaired) electrons. The molecule has 0 aliphatic carbocycles. The van der Waals surface area contributed by atoms with Crippen molar-refractivity contribution < 1.29 is 14.6 Å². The van der Waals surface area contributed by atoms with Gasteiger partial charge in [0.05, 0.1) is 24.8 Å². The average molecular weight is 275 g/mol. The monoisotopic (exact) mass is 275 g/mol. The van der Waals surface area contributed by atoms with E-state index in [1.165, 1.54) is 0 Å². The smallest absolute Gasteiger partial charge is 0.310 e. The number of hydrogen-bond donors (Lipinski definition) is 1. The third-order valence-corrected chi connectivity index (χ3v) is 3.76. The lowest BCUT2D eigenvalue weighted by atomic mass is 10.0. The van der Waals surface area contributed by atoms with Gasteiger partial charge >= 0.3 is 5.97 Å². The van der Waals surface area contributed by atoms with Gasteiger partial charge in [-0.3, -0.25) is 9.69 Å². The van der Waals surface area contributed by atoms with E-state index in [9.17, 15) is 9.90 Å². The maximum Gasteiger partial charge on any atom is 0.310 e. The molecule has 0 aromatic carbocycles. The molecule has 1 saturated heterocycles. The van der Waals surface area contributed by atoms with Gasteiger partial charge < -0.3 is 14.2 Å². The Balaban J connectivity index is 1.75. The van der Waals surface area contributed by atoms with Crippen LogP contribution in [0.15, 0.2) is 30.6 Å². The van der Waals surface area contributed by atoms with Crippen molar-refractivity contribution in [1.82, 2.24) is 14.3 Å². The van der Waals surface area contributed by atoms with E-state index < -0.39 is 11.9 Å². The molecule has 2 aromatic heterocycles. The number of carboxylic acids is 1. The highest BCUT2D eigenvalue weighted by molar-refractivity contribution is 5.71. The molecule has 2 unspecified atom stereocenters. The molecule has 1 aliphatic rings. The van der Waals surface area contributed by atoms with Gasteiger partial charge in [0.15, 0.2) is 0 Å². The summed E-state index contributed by atoms with van der Waals surface area (Å²) in [5.41, 5.74) is 1.82. The van der Waals surface area contributed by atoms with E-state index in [-0.39, 0.29) is 12.6 Å². The molecule has 1 fully saturated rings. The first kappa shape index (κ1) is 13.1. The molecule has 20 heavy (non-hydrogen) atoms. The molecule has 1 aliphatic heterocycles. The fourth-order valence-electron chi connectivity index (χ4n) is 2.65. The number of imidazole rings is 1. The van der Waals surface area contributed by atoms with Crippen LogP contribution in [0, 0.1) is 5.92 Å². The Labute approximate surface area is 116 Å². The second kappa shape index (κ2) is 5.22. The number of rotatable bonds is 4. The molecule has 1 N–H and O–H groups in total.